The number of nitrogens with zero attached hydrogens (tertiary/aromatic N) is 3. The molecule has 0 fully saturated rings. The van der Waals surface area contributed by atoms with Crippen molar-refractivity contribution in [1.29, 1.82) is 5.26 Å². The summed E-state index contributed by atoms with van der Waals surface area (Å²) in [6, 6.07) is 8.68. The Morgan fingerprint density at radius 3 is 2.44 bits per heavy atom. The Morgan fingerprint density at radius 1 is 1.33 bits per heavy atom. The summed E-state index contributed by atoms with van der Waals surface area (Å²) in [6.45, 7) is 5.23. The Balaban J connectivity index is 0.000000314. The quantitative estimate of drug-likeness (QED) is 0.490. The van der Waals surface area contributed by atoms with Gasteiger partial charge in [-0.3, -0.25) is 9.98 Å². The molecule has 0 saturated carbocycles. The highest BCUT2D eigenvalue weighted by atomic mass is 19.1. The van der Waals surface area contributed by atoms with E-state index in [1.807, 2.05) is 13.0 Å². The van der Waals surface area contributed by atoms with E-state index in [4.69, 9.17) is 16.1 Å². The maximum atomic E-state index is 13.8. The van der Waals surface area contributed by atoms with E-state index < -0.39 is 5.97 Å². The van der Waals surface area contributed by atoms with Crippen LogP contribution in [0, 0.1) is 31.0 Å². The fraction of sp³-hybridized carbons (Fsp3) is 0.200. The number of aromatic nitrogens is 1. The standard InChI is InChI=1S/C14H11FN2.C6H10N2O2/c1-9-3-4-12(14(15)5-9)13-8-17-10(2)6-11(13)7-16;1-3-4(6(9)10)5(7)8-2/h3-6,8H,1-2H3;3H,1-2H3,(H2,7,8)(H,9,10)/b;4-3+. The Labute approximate surface area is 157 Å². The third-order valence-electron chi connectivity index (χ3n) is 3.61. The molecule has 0 atom stereocenters. The molecule has 0 aliphatic carbocycles. The van der Waals surface area contributed by atoms with Crippen molar-refractivity contribution in [3.63, 3.8) is 0 Å². The molecule has 0 aliphatic rings. The number of aryl methyl sites for hydroxylation is 2. The maximum absolute atomic E-state index is 13.8. The zero-order valence-electron chi connectivity index (χ0n) is 15.6. The molecule has 2 aromatic rings. The molecule has 1 aromatic carbocycles. The highest BCUT2D eigenvalue weighted by Crippen LogP contribution is 2.26. The highest BCUT2D eigenvalue weighted by Gasteiger charge is 2.10. The number of hydrogen-bond donors (Lipinski definition) is 2. The molecule has 1 aromatic heterocycles. The number of allylic oxidation sites excluding steroid dienone is 1. The second-order valence-electron chi connectivity index (χ2n) is 5.58. The Kier molecular flexibility index (Phi) is 7.83. The second kappa shape index (κ2) is 9.82. The molecule has 2 rings (SSSR count). The van der Waals surface area contributed by atoms with Gasteiger partial charge in [0.15, 0.2) is 0 Å². The molecule has 0 unspecified atom stereocenters. The lowest BCUT2D eigenvalue weighted by Crippen LogP contribution is -2.20. The molecule has 3 N–H and O–H groups in total. The molecule has 1 heterocycles. The van der Waals surface area contributed by atoms with Gasteiger partial charge in [-0.05, 0) is 38.5 Å². The van der Waals surface area contributed by atoms with Gasteiger partial charge in [0, 0.05) is 30.1 Å². The van der Waals surface area contributed by atoms with Gasteiger partial charge in [-0.25, -0.2) is 9.18 Å². The second-order valence-corrected chi connectivity index (χ2v) is 5.58. The summed E-state index contributed by atoms with van der Waals surface area (Å²) in [6.07, 6.45) is 2.95. The fourth-order valence-electron chi connectivity index (χ4n) is 2.21. The Bertz CT molecular complexity index is 943. The van der Waals surface area contributed by atoms with Gasteiger partial charge in [-0.15, -0.1) is 0 Å². The van der Waals surface area contributed by atoms with Crippen LogP contribution in [0.5, 0.6) is 0 Å². The number of aliphatic carboxylic acids is 1. The van der Waals surface area contributed by atoms with Crippen molar-refractivity contribution in [2.24, 2.45) is 10.7 Å². The van der Waals surface area contributed by atoms with Crippen LogP contribution >= 0.6 is 0 Å². The summed E-state index contributed by atoms with van der Waals surface area (Å²) in [5.41, 5.74) is 8.27. The maximum Gasteiger partial charge on any atom is 0.339 e. The zero-order valence-corrected chi connectivity index (χ0v) is 15.6. The SMILES string of the molecule is C/C=C(/C(=O)O)C(N)=NC.Cc1ccc(-c2cnc(C)cc2C#N)c(F)c1. The molecule has 0 aliphatic heterocycles. The first kappa shape index (κ1) is 21.5. The third-order valence-corrected chi connectivity index (χ3v) is 3.61. The van der Waals surface area contributed by atoms with E-state index >= 15 is 0 Å². The van der Waals surface area contributed by atoms with Crippen molar-refractivity contribution >= 4 is 11.8 Å². The molecular weight excluding hydrogens is 347 g/mol. The predicted molar refractivity (Wildman–Crippen MR) is 103 cm³/mol. The summed E-state index contributed by atoms with van der Waals surface area (Å²) < 4.78 is 13.8. The summed E-state index contributed by atoms with van der Waals surface area (Å²) in [5, 5.41) is 17.5. The number of amidine groups is 1. The van der Waals surface area contributed by atoms with Crippen LogP contribution in [0.2, 0.25) is 0 Å². The number of aliphatic imine (C=N–C) groups is 1. The molecule has 0 amide bonds. The largest absolute Gasteiger partial charge is 0.478 e. The first-order valence-corrected chi connectivity index (χ1v) is 8.00. The van der Waals surface area contributed by atoms with E-state index in [2.05, 4.69) is 16.0 Å². The number of carboxylic acids is 1. The van der Waals surface area contributed by atoms with E-state index in [9.17, 15) is 9.18 Å². The average molecular weight is 368 g/mol. The van der Waals surface area contributed by atoms with Gasteiger partial charge in [-0.2, -0.15) is 5.26 Å². The number of carboxylic acid groups (broad SMARTS) is 1. The van der Waals surface area contributed by atoms with Crippen molar-refractivity contribution < 1.29 is 14.3 Å². The molecule has 7 heteroatoms. The average Bonchev–Trinajstić information content (AvgIpc) is 2.62. The van der Waals surface area contributed by atoms with E-state index in [-0.39, 0.29) is 17.2 Å². The van der Waals surface area contributed by atoms with E-state index in [0.717, 1.165) is 11.3 Å². The van der Waals surface area contributed by atoms with Gasteiger partial charge < -0.3 is 10.8 Å². The van der Waals surface area contributed by atoms with Crippen molar-refractivity contribution in [2.45, 2.75) is 20.8 Å². The summed E-state index contributed by atoms with van der Waals surface area (Å²) >= 11 is 0. The lowest BCUT2D eigenvalue weighted by Gasteiger charge is -2.06. The molecule has 0 bridgehead atoms. The number of carbonyl (C=O) groups is 1. The molecule has 6 nitrogen and oxygen atoms in total. The molecule has 0 spiro atoms. The topological polar surface area (TPSA) is 112 Å². The minimum atomic E-state index is -1.05. The Hall–Kier alpha value is -3.53. The number of pyridine rings is 1. The van der Waals surface area contributed by atoms with E-state index in [1.54, 1.807) is 32.2 Å². The fourth-order valence-corrected chi connectivity index (χ4v) is 2.21. The summed E-state index contributed by atoms with van der Waals surface area (Å²) in [7, 11) is 1.45. The number of rotatable bonds is 3. The number of nitrogens with two attached hydrogens (primary N) is 1. The lowest BCUT2D eigenvalue weighted by molar-refractivity contribution is -0.132. The lowest BCUT2D eigenvalue weighted by atomic mass is 10.0. The van der Waals surface area contributed by atoms with Crippen LogP contribution in [0.25, 0.3) is 11.1 Å². The van der Waals surface area contributed by atoms with Gasteiger partial charge in [0.25, 0.3) is 0 Å². The van der Waals surface area contributed by atoms with Gasteiger partial charge in [0.05, 0.1) is 17.2 Å². The number of hydrogen-bond acceptors (Lipinski definition) is 4. The van der Waals surface area contributed by atoms with Crippen LogP contribution in [0.3, 0.4) is 0 Å². The van der Waals surface area contributed by atoms with Gasteiger partial charge >= 0.3 is 5.97 Å². The molecule has 27 heavy (non-hydrogen) atoms. The number of nitriles is 1. The van der Waals surface area contributed by atoms with Crippen molar-refractivity contribution in [3.8, 4) is 17.2 Å². The first-order valence-electron chi connectivity index (χ1n) is 8.00. The predicted octanol–water partition coefficient (Wildman–Crippen LogP) is 3.38. The van der Waals surface area contributed by atoms with Gasteiger partial charge in [-0.1, -0.05) is 18.2 Å². The molecule has 140 valence electrons. The zero-order chi connectivity index (χ0) is 20.6. The molecular formula is C20H21FN4O2. The van der Waals surface area contributed by atoms with Crippen molar-refractivity contribution in [2.75, 3.05) is 7.05 Å². The van der Waals surface area contributed by atoms with E-state index in [1.165, 1.54) is 19.2 Å². The van der Waals surface area contributed by atoms with Crippen LogP contribution in [-0.2, 0) is 4.79 Å². The van der Waals surface area contributed by atoms with Gasteiger partial charge in [0.2, 0.25) is 0 Å². The smallest absolute Gasteiger partial charge is 0.339 e. The minimum Gasteiger partial charge on any atom is -0.478 e. The summed E-state index contributed by atoms with van der Waals surface area (Å²) in [4.78, 5) is 17.9. The monoisotopic (exact) mass is 368 g/mol. The van der Waals surface area contributed by atoms with Crippen LogP contribution in [0.4, 0.5) is 4.39 Å². The van der Waals surface area contributed by atoms with Crippen LogP contribution < -0.4 is 5.73 Å². The third kappa shape index (κ3) is 5.75. The first-order chi connectivity index (χ1) is 12.7. The highest BCUT2D eigenvalue weighted by molar-refractivity contribution is 6.17. The van der Waals surface area contributed by atoms with Gasteiger partial charge in [0.1, 0.15) is 11.7 Å². The van der Waals surface area contributed by atoms with E-state index in [0.29, 0.717) is 16.7 Å². The van der Waals surface area contributed by atoms with Crippen LogP contribution in [0.15, 0.2) is 47.1 Å². The molecule has 0 saturated heterocycles. The summed E-state index contributed by atoms with van der Waals surface area (Å²) in [5.74, 6) is -1.33. The number of halogens is 1. The number of benzene rings is 1. The molecule has 0 radical (unpaired) electrons. The Morgan fingerprint density at radius 2 is 2.00 bits per heavy atom. The normalized spacial score (nSPS) is 11.3. The van der Waals surface area contributed by atoms with Crippen LogP contribution in [-0.4, -0.2) is 28.9 Å². The van der Waals surface area contributed by atoms with Crippen molar-refractivity contribution in [3.05, 3.63) is 64.7 Å². The van der Waals surface area contributed by atoms with Crippen molar-refractivity contribution in [1.82, 2.24) is 4.98 Å². The van der Waals surface area contributed by atoms with Crippen LogP contribution in [0.1, 0.15) is 23.7 Å². The minimum absolute atomic E-state index is 0.0440.